The lowest BCUT2D eigenvalue weighted by Gasteiger charge is -2.32. The Morgan fingerprint density at radius 2 is 1.82 bits per heavy atom. The second-order valence-corrected chi connectivity index (χ2v) is 10.1. The fourth-order valence-corrected chi connectivity index (χ4v) is 4.95. The first-order valence-corrected chi connectivity index (χ1v) is 14.2. The molecule has 212 valence electrons. The maximum Gasteiger partial charge on any atom is 0.320 e. The molecule has 2 aromatic heterocycles. The van der Waals surface area contributed by atoms with Crippen molar-refractivity contribution in [3.05, 3.63) is 35.4 Å². The van der Waals surface area contributed by atoms with Gasteiger partial charge in [-0.15, -0.1) is 0 Å². The number of esters is 1. The van der Waals surface area contributed by atoms with Gasteiger partial charge in [0, 0.05) is 13.1 Å². The third-order valence-electron chi connectivity index (χ3n) is 7.24. The normalized spacial score (nSPS) is 14.5. The molecular formula is C29H42N6O4. The zero-order chi connectivity index (χ0) is 27.6. The zero-order valence-electron chi connectivity index (χ0n) is 23.5. The number of piperidine rings is 1. The lowest BCUT2D eigenvalue weighted by Crippen LogP contribution is -2.35. The number of imidazole rings is 1. The number of carbonyl (C=O) groups excluding carboxylic acids is 1. The van der Waals surface area contributed by atoms with Gasteiger partial charge in [-0.1, -0.05) is 51.0 Å². The smallest absolute Gasteiger partial charge is 0.320 e. The molecule has 39 heavy (non-hydrogen) atoms. The number of rotatable bonds is 14. The summed E-state index contributed by atoms with van der Waals surface area (Å²) >= 11 is 0. The average Bonchev–Trinajstić information content (AvgIpc) is 3.31. The zero-order valence-corrected chi connectivity index (χ0v) is 23.5. The molecule has 1 fully saturated rings. The van der Waals surface area contributed by atoms with Crippen LogP contribution in [0.4, 0.5) is 5.82 Å². The van der Waals surface area contributed by atoms with Crippen LogP contribution in [-0.4, -0.2) is 70.3 Å². The summed E-state index contributed by atoms with van der Waals surface area (Å²) in [4.78, 5) is 28.0. The number of hydrogen-bond acceptors (Lipinski definition) is 9. The quantitative estimate of drug-likeness (QED) is 0.236. The van der Waals surface area contributed by atoms with Gasteiger partial charge >= 0.3 is 12.0 Å². The number of likely N-dealkylation sites (tertiary alicyclic amines) is 1. The van der Waals surface area contributed by atoms with Crippen LogP contribution in [0, 0.1) is 0 Å². The summed E-state index contributed by atoms with van der Waals surface area (Å²) in [6.45, 7) is 8.74. The van der Waals surface area contributed by atoms with Crippen LogP contribution in [0.15, 0.2) is 24.3 Å². The minimum absolute atomic E-state index is 0.149. The number of carbonyl (C=O) groups is 1. The van der Waals surface area contributed by atoms with E-state index in [0.717, 1.165) is 63.7 Å². The topological polar surface area (TPSA) is 118 Å². The van der Waals surface area contributed by atoms with Crippen molar-refractivity contribution in [1.82, 2.24) is 24.4 Å². The molecule has 1 aromatic carbocycles. The van der Waals surface area contributed by atoms with Gasteiger partial charge in [-0.25, -0.2) is 0 Å². The van der Waals surface area contributed by atoms with E-state index in [1.54, 1.807) is 7.11 Å². The third kappa shape index (κ3) is 7.59. The molecule has 0 unspecified atom stereocenters. The molecule has 0 spiro atoms. The van der Waals surface area contributed by atoms with Crippen molar-refractivity contribution < 1.29 is 19.0 Å². The molecule has 4 rings (SSSR count). The fraction of sp³-hybridized carbons (Fsp3) is 0.586. The summed E-state index contributed by atoms with van der Waals surface area (Å²) in [6.07, 6.45) is 6.34. The number of benzene rings is 1. The van der Waals surface area contributed by atoms with Gasteiger partial charge in [0.1, 0.15) is 0 Å². The highest BCUT2D eigenvalue weighted by atomic mass is 16.5. The Labute approximate surface area is 230 Å². The summed E-state index contributed by atoms with van der Waals surface area (Å²) in [6, 6.07) is 9.17. The second kappa shape index (κ2) is 14.1. The molecule has 10 nitrogen and oxygen atoms in total. The highest BCUT2D eigenvalue weighted by Gasteiger charge is 2.23. The van der Waals surface area contributed by atoms with Crippen molar-refractivity contribution in [1.29, 1.82) is 0 Å². The van der Waals surface area contributed by atoms with Gasteiger partial charge in [-0.05, 0) is 55.8 Å². The Balaban J connectivity index is 1.34. The summed E-state index contributed by atoms with van der Waals surface area (Å²) in [5.74, 6) is 0.627. The van der Waals surface area contributed by atoms with Gasteiger partial charge in [0.2, 0.25) is 0 Å². The Hall–Kier alpha value is -3.40. The molecule has 0 amide bonds. The van der Waals surface area contributed by atoms with E-state index in [-0.39, 0.29) is 12.0 Å². The van der Waals surface area contributed by atoms with Crippen LogP contribution in [0.3, 0.4) is 0 Å². The molecule has 3 heterocycles. The Morgan fingerprint density at radius 1 is 1.05 bits per heavy atom. The summed E-state index contributed by atoms with van der Waals surface area (Å²) in [7, 11) is 1.60. The van der Waals surface area contributed by atoms with Gasteiger partial charge in [0.15, 0.2) is 17.0 Å². The summed E-state index contributed by atoms with van der Waals surface area (Å²) < 4.78 is 18.5. The fourth-order valence-electron chi connectivity index (χ4n) is 4.95. The highest BCUT2D eigenvalue weighted by molar-refractivity contribution is 5.83. The van der Waals surface area contributed by atoms with Crippen LogP contribution in [0.5, 0.6) is 12.0 Å². The lowest BCUT2D eigenvalue weighted by atomic mass is 9.88. The Morgan fingerprint density at radius 3 is 2.56 bits per heavy atom. The van der Waals surface area contributed by atoms with E-state index in [4.69, 9.17) is 19.9 Å². The number of anilines is 1. The minimum Gasteiger partial charge on any atom is -0.468 e. The molecule has 0 bridgehead atoms. The van der Waals surface area contributed by atoms with Crippen molar-refractivity contribution in [3.8, 4) is 12.0 Å². The molecule has 1 saturated heterocycles. The molecule has 0 saturated carbocycles. The van der Waals surface area contributed by atoms with Crippen molar-refractivity contribution in [2.45, 2.75) is 71.3 Å². The monoisotopic (exact) mass is 538 g/mol. The van der Waals surface area contributed by atoms with Crippen LogP contribution in [0.1, 0.15) is 69.4 Å². The standard InChI is InChI=1S/C29H42N6O4/c1-4-6-17-38-24(36)20-21-9-8-10-23(19-21)22-11-13-34(14-12-22)15-16-35-27-25(31-29(35)37-3)26(30)32-28(33-27)39-18-7-5-2/h8-10,19,22H,4-7,11-18,20H2,1-3H3,(H2,30,32,33). The van der Waals surface area contributed by atoms with E-state index >= 15 is 0 Å². The number of unbranched alkanes of at least 4 members (excludes halogenated alkanes) is 2. The highest BCUT2D eigenvalue weighted by Crippen LogP contribution is 2.30. The van der Waals surface area contributed by atoms with Crippen LogP contribution in [0.2, 0.25) is 0 Å². The first kappa shape index (κ1) is 28.6. The van der Waals surface area contributed by atoms with Gasteiger partial charge in [0.25, 0.3) is 6.01 Å². The summed E-state index contributed by atoms with van der Waals surface area (Å²) in [5, 5.41) is 0. The molecule has 0 atom stereocenters. The van der Waals surface area contributed by atoms with Crippen LogP contribution >= 0.6 is 0 Å². The molecular weight excluding hydrogens is 496 g/mol. The molecule has 1 aliphatic rings. The predicted octanol–water partition coefficient (Wildman–Crippen LogP) is 4.36. The number of hydrogen-bond donors (Lipinski definition) is 1. The van der Waals surface area contributed by atoms with Crippen LogP contribution in [0.25, 0.3) is 11.2 Å². The number of nitrogens with zero attached hydrogens (tertiary/aromatic N) is 5. The van der Waals surface area contributed by atoms with E-state index in [0.29, 0.717) is 55.1 Å². The number of methoxy groups -OCH3 is 1. The minimum atomic E-state index is -0.149. The largest absolute Gasteiger partial charge is 0.468 e. The second-order valence-electron chi connectivity index (χ2n) is 10.1. The number of aromatic nitrogens is 4. The number of ether oxygens (including phenoxy) is 3. The average molecular weight is 539 g/mol. The SMILES string of the molecule is CCCCOC(=O)Cc1cccc(C2CCN(CCn3c(OC)nc4c(N)nc(OCCCC)nc43)CC2)c1. The number of nitrogen functional groups attached to an aromatic ring is 1. The van der Waals surface area contributed by atoms with Crippen LogP contribution < -0.4 is 15.2 Å². The van der Waals surface area contributed by atoms with Gasteiger partial charge in [-0.3, -0.25) is 9.36 Å². The molecule has 3 aromatic rings. The van der Waals surface area contributed by atoms with E-state index in [1.165, 1.54) is 5.56 Å². The molecule has 0 aliphatic carbocycles. The summed E-state index contributed by atoms with van der Waals surface area (Å²) in [5.41, 5.74) is 9.66. The van der Waals surface area contributed by atoms with E-state index in [1.807, 2.05) is 10.6 Å². The van der Waals surface area contributed by atoms with E-state index in [9.17, 15) is 4.79 Å². The molecule has 0 radical (unpaired) electrons. The molecule has 10 heteroatoms. The molecule has 2 N–H and O–H groups in total. The van der Waals surface area contributed by atoms with E-state index in [2.05, 4.69) is 51.9 Å². The van der Waals surface area contributed by atoms with Crippen molar-refractivity contribution >= 4 is 23.0 Å². The predicted molar refractivity (Wildman–Crippen MR) is 151 cm³/mol. The first-order valence-electron chi connectivity index (χ1n) is 14.2. The van der Waals surface area contributed by atoms with Gasteiger partial charge in [0.05, 0.1) is 26.7 Å². The number of fused-ring (bicyclic) bond motifs is 1. The maximum absolute atomic E-state index is 12.1. The van der Waals surface area contributed by atoms with Gasteiger partial charge < -0.3 is 24.8 Å². The third-order valence-corrected chi connectivity index (χ3v) is 7.24. The Bertz CT molecular complexity index is 1220. The lowest BCUT2D eigenvalue weighted by molar-refractivity contribution is -0.142. The van der Waals surface area contributed by atoms with Crippen molar-refractivity contribution in [3.63, 3.8) is 0 Å². The molecule has 1 aliphatic heterocycles. The Kier molecular flexibility index (Phi) is 10.4. The van der Waals surface area contributed by atoms with Crippen molar-refractivity contribution in [2.75, 3.05) is 45.7 Å². The maximum atomic E-state index is 12.1. The first-order chi connectivity index (χ1) is 19.0. The van der Waals surface area contributed by atoms with E-state index < -0.39 is 0 Å². The van der Waals surface area contributed by atoms with Crippen molar-refractivity contribution in [2.24, 2.45) is 0 Å². The van der Waals surface area contributed by atoms with Crippen LogP contribution in [-0.2, 0) is 22.5 Å². The number of nitrogens with two attached hydrogens (primary N) is 1. The van der Waals surface area contributed by atoms with Gasteiger partial charge in [-0.2, -0.15) is 15.0 Å².